The topological polar surface area (TPSA) is 97.1 Å². The number of benzene rings is 2. The number of hydrogen-bond acceptors (Lipinski definition) is 5. The Balaban J connectivity index is 1.44. The van der Waals surface area contributed by atoms with Crippen LogP contribution in [-0.2, 0) is 0 Å². The van der Waals surface area contributed by atoms with Crippen molar-refractivity contribution in [2.24, 2.45) is 0 Å². The number of aromatic nitrogens is 2. The van der Waals surface area contributed by atoms with Gasteiger partial charge in [0.25, 0.3) is 17.7 Å². The first-order valence-corrected chi connectivity index (χ1v) is 9.13. The zero-order chi connectivity index (χ0) is 19.7. The van der Waals surface area contributed by atoms with Gasteiger partial charge in [-0.1, -0.05) is 5.16 Å². The lowest BCUT2D eigenvalue weighted by Crippen LogP contribution is -2.25. The second-order valence-corrected chi connectivity index (χ2v) is 6.96. The predicted octanol–water partition coefficient (Wildman–Crippen LogP) is 3.50. The Morgan fingerprint density at radius 1 is 1.00 bits per heavy atom. The van der Waals surface area contributed by atoms with Crippen molar-refractivity contribution in [3.63, 3.8) is 0 Å². The van der Waals surface area contributed by atoms with E-state index in [0.717, 1.165) is 24.0 Å². The summed E-state index contributed by atoms with van der Waals surface area (Å²) in [5, 5.41) is 9.61. The van der Waals surface area contributed by atoms with Gasteiger partial charge in [0.15, 0.2) is 5.82 Å². The molecule has 7 nitrogen and oxygen atoms in total. The van der Waals surface area contributed by atoms with Crippen LogP contribution in [0.3, 0.4) is 0 Å². The average Bonchev–Trinajstić information content (AvgIpc) is 3.40. The summed E-state index contributed by atoms with van der Waals surface area (Å²) in [6.07, 6.45) is 2.08. The van der Waals surface area contributed by atoms with Gasteiger partial charge in [-0.3, -0.25) is 9.59 Å². The number of aryl methyl sites for hydroxylation is 2. The molecule has 1 aromatic heterocycles. The summed E-state index contributed by atoms with van der Waals surface area (Å²) in [5.74, 6) is 0.675. The van der Waals surface area contributed by atoms with Gasteiger partial charge < -0.3 is 15.2 Å². The maximum Gasteiger partial charge on any atom is 0.257 e. The van der Waals surface area contributed by atoms with Gasteiger partial charge in [0.1, 0.15) is 0 Å². The highest BCUT2D eigenvalue weighted by Gasteiger charge is 2.23. The van der Waals surface area contributed by atoms with E-state index < -0.39 is 0 Å². The number of nitrogens with zero attached hydrogens (tertiary/aromatic N) is 2. The Bertz CT molecular complexity index is 1040. The molecular weight excluding hydrogens is 356 g/mol. The molecule has 1 aliphatic carbocycles. The molecule has 2 aromatic carbocycles. The zero-order valence-corrected chi connectivity index (χ0v) is 15.7. The largest absolute Gasteiger partial charge is 0.349 e. The van der Waals surface area contributed by atoms with E-state index in [-0.39, 0.29) is 11.8 Å². The number of nitrogens with one attached hydrogen (secondary N) is 2. The van der Waals surface area contributed by atoms with Crippen molar-refractivity contribution in [2.45, 2.75) is 32.7 Å². The molecule has 0 aliphatic heterocycles. The van der Waals surface area contributed by atoms with Gasteiger partial charge in [0.05, 0.1) is 0 Å². The Labute approximate surface area is 162 Å². The molecule has 7 heteroatoms. The molecule has 2 N–H and O–H groups in total. The minimum absolute atomic E-state index is 0.0999. The molecule has 0 unspecified atom stereocenters. The lowest BCUT2D eigenvalue weighted by atomic mass is 10.1. The van der Waals surface area contributed by atoms with Crippen molar-refractivity contribution in [3.05, 3.63) is 65.0 Å². The molecular formula is C21H20N4O3. The summed E-state index contributed by atoms with van der Waals surface area (Å²) in [4.78, 5) is 28.8. The molecule has 4 rings (SSSR count). The Morgan fingerprint density at radius 2 is 1.68 bits per heavy atom. The molecule has 0 atom stereocenters. The molecule has 1 aliphatic rings. The highest BCUT2D eigenvalue weighted by molar-refractivity contribution is 6.05. The van der Waals surface area contributed by atoms with Crippen molar-refractivity contribution in [1.82, 2.24) is 15.5 Å². The molecule has 1 saturated carbocycles. The molecule has 0 saturated heterocycles. The summed E-state index contributed by atoms with van der Waals surface area (Å²) < 4.78 is 5.17. The van der Waals surface area contributed by atoms with Gasteiger partial charge in [-0.2, -0.15) is 4.98 Å². The zero-order valence-electron chi connectivity index (χ0n) is 15.7. The summed E-state index contributed by atoms with van der Waals surface area (Å²) in [6.45, 7) is 3.66. The number of amides is 2. The number of hydrogen-bond donors (Lipinski definition) is 2. The first-order chi connectivity index (χ1) is 13.5. The van der Waals surface area contributed by atoms with Crippen LogP contribution in [0.5, 0.6) is 0 Å². The minimum Gasteiger partial charge on any atom is -0.349 e. The fourth-order valence-electron chi connectivity index (χ4n) is 2.82. The molecule has 1 fully saturated rings. The molecule has 3 aromatic rings. The van der Waals surface area contributed by atoms with E-state index in [4.69, 9.17) is 4.52 Å². The van der Waals surface area contributed by atoms with Crippen LogP contribution in [0.25, 0.3) is 11.5 Å². The van der Waals surface area contributed by atoms with Crippen LogP contribution >= 0.6 is 0 Å². The van der Waals surface area contributed by atoms with E-state index in [0.29, 0.717) is 34.6 Å². The molecule has 28 heavy (non-hydrogen) atoms. The van der Waals surface area contributed by atoms with Gasteiger partial charge in [-0.15, -0.1) is 0 Å². The standard InChI is InChI=1S/C21H20N4O3/c1-12-11-16(21-22-13(2)25-28-21)7-10-18(12)24-20(27)15-5-3-14(4-6-15)19(26)23-17-8-9-17/h3-7,10-11,17H,8-9H2,1-2H3,(H,23,26)(H,24,27). The van der Waals surface area contributed by atoms with Crippen molar-refractivity contribution in [1.29, 1.82) is 0 Å². The molecule has 0 radical (unpaired) electrons. The summed E-state index contributed by atoms with van der Waals surface area (Å²) in [6, 6.07) is 12.5. The van der Waals surface area contributed by atoms with E-state index in [2.05, 4.69) is 20.8 Å². The normalized spacial score (nSPS) is 13.2. The van der Waals surface area contributed by atoms with Gasteiger partial charge in [0.2, 0.25) is 0 Å². The van der Waals surface area contributed by atoms with Crippen molar-refractivity contribution in [3.8, 4) is 11.5 Å². The summed E-state index contributed by atoms with van der Waals surface area (Å²) in [5.41, 5.74) is 3.41. The first kappa shape index (κ1) is 17.9. The van der Waals surface area contributed by atoms with E-state index in [1.807, 2.05) is 19.1 Å². The highest BCUT2D eigenvalue weighted by atomic mass is 16.5. The minimum atomic E-state index is -0.237. The van der Waals surface area contributed by atoms with Crippen LogP contribution in [0.4, 0.5) is 5.69 Å². The monoisotopic (exact) mass is 376 g/mol. The summed E-state index contributed by atoms with van der Waals surface area (Å²) in [7, 11) is 0. The Hall–Kier alpha value is -3.48. The van der Waals surface area contributed by atoms with Gasteiger partial charge in [-0.05, 0) is 74.7 Å². The molecule has 1 heterocycles. The first-order valence-electron chi connectivity index (χ1n) is 9.13. The highest BCUT2D eigenvalue weighted by Crippen LogP contribution is 2.24. The van der Waals surface area contributed by atoms with Crippen LogP contribution in [0.1, 0.15) is 44.9 Å². The Morgan fingerprint density at radius 3 is 2.25 bits per heavy atom. The fraction of sp³-hybridized carbons (Fsp3) is 0.238. The number of carbonyl (C=O) groups excluding carboxylic acids is 2. The van der Waals surface area contributed by atoms with E-state index in [1.165, 1.54) is 0 Å². The lowest BCUT2D eigenvalue weighted by Gasteiger charge is -2.10. The molecule has 0 spiro atoms. The molecule has 142 valence electrons. The number of anilines is 1. The smallest absolute Gasteiger partial charge is 0.257 e. The number of carbonyl (C=O) groups is 2. The SMILES string of the molecule is Cc1noc(-c2ccc(NC(=O)c3ccc(C(=O)NC4CC4)cc3)c(C)c2)n1. The van der Waals surface area contributed by atoms with Crippen molar-refractivity contribution < 1.29 is 14.1 Å². The molecule has 2 amide bonds. The fourth-order valence-corrected chi connectivity index (χ4v) is 2.82. The summed E-state index contributed by atoms with van der Waals surface area (Å²) >= 11 is 0. The maximum atomic E-state index is 12.5. The Kier molecular flexibility index (Phi) is 4.65. The third-order valence-corrected chi connectivity index (χ3v) is 4.57. The van der Waals surface area contributed by atoms with Crippen LogP contribution in [0, 0.1) is 13.8 Å². The maximum absolute atomic E-state index is 12.5. The quantitative estimate of drug-likeness (QED) is 0.710. The average molecular weight is 376 g/mol. The van der Waals surface area contributed by atoms with E-state index in [9.17, 15) is 9.59 Å². The van der Waals surface area contributed by atoms with Crippen LogP contribution in [0.15, 0.2) is 47.0 Å². The van der Waals surface area contributed by atoms with Crippen molar-refractivity contribution >= 4 is 17.5 Å². The van der Waals surface area contributed by atoms with Gasteiger partial charge >= 0.3 is 0 Å². The van der Waals surface area contributed by atoms with E-state index >= 15 is 0 Å². The predicted molar refractivity (Wildman–Crippen MR) is 104 cm³/mol. The third-order valence-electron chi connectivity index (χ3n) is 4.57. The van der Waals surface area contributed by atoms with Crippen LogP contribution < -0.4 is 10.6 Å². The van der Waals surface area contributed by atoms with Crippen LogP contribution in [-0.4, -0.2) is 28.0 Å². The second kappa shape index (κ2) is 7.26. The lowest BCUT2D eigenvalue weighted by molar-refractivity contribution is 0.0949. The van der Waals surface area contributed by atoms with Crippen molar-refractivity contribution in [2.75, 3.05) is 5.32 Å². The molecule has 0 bridgehead atoms. The second-order valence-electron chi connectivity index (χ2n) is 6.96. The van der Waals surface area contributed by atoms with Gasteiger partial charge in [-0.25, -0.2) is 0 Å². The van der Waals surface area contributed by atoms with E-state index in [1.54, 1.807) is 37.3 Å². The van der Waals surface area contributed by atoms with Crippen LogP contribution in [0.2, 0.25) is 0 Å². The third kappa shape index (κ3) is 3.93. The van der Waals surface area contributed by atoms with Gasteiger partial charge in [0, 0.05) is 28.4 Å². The number of rotatable bonds is 5.